The molecule has 1 aliphatic carbocycles. The fourth-order valence-electron chi connectivity index (χ4n) is 4.77. The van der Waals surface area contributed by atoms with Crippen LogP contribution >= 0.6 is 11.3 Å². The predicted octanol–water partition coefficient (Wildman–Crippen LogP) is 5.50. The number of hydrogen-bond acceptors (Lipinski definition) is 6. The lowest BCUT2D eigenvalue weighted by Gasteiger charge is -2.36. The number of aryl methyl sites for hydroxylation is 1. The SMILES string of the molecule is O=C(Nc1sc2c(c1[C@H](c1ccc(OC(F)F)cc1)N1CCOCC1)CCCC2)c1ccco1. The van der Waals surface area contributed by atoms with Gasteiger partial charge >= 0.3 is 6.61 Å². The Labute approximate surface area is 200 Å². The van der Waals surface area contributed by atoms with Gasteiger partial charge in [0.1, 0.15) is 10.8 Å². The third-order valence-electron chi connectivity index (χ3n) is 6.29. The number of carbonyl (C=O) groups excluding carboxylic acids is 1. The van der Waals surface area contributed by atoms with E-state index in [1.807, 2.05) is 12.1 Å². The maximum atomic E-state index is 12.9. The number of amides is 1. The molecule has 1 saturated heterocycles. The molecule has 9 heteroatoms. The molecule has 1 amide bonds. The molecule has 0 radical (unpaired) electrons. The largest absolute Gasteiger partial charge is 0.459 e. The van der Waals surface area contributed by atoms with E-state index >= 15 is 0 Å². The Balaban J connectivity index is 1.57. The van der Waals surface area contributed by atoms with Gasteiger partial charge in [0, 0.05) is 23.5 Å². The van der Waals surface area contributed by atoms with Gasteiger partial charge in [-0.15, -0.1) is 11.3 Å². The van der Waals surface area contributed by atoms with Crippen LogP contribution < -0.4 is 10.1 Å². The van der Waals surface area contributed by atoms with Crippen molar-refractivity contribution in [2.24, 2.45) is 0 Å². The number of anilines is 1. The van der Waals surface area contributed by atoms with Gasteiger partial charge in [0.15, 0.2) is 5.76 Å². The van der Waals surface area contributed by atoms with Gasteiger partial charge in [0.2, 0.25) is 0 Å². The molecular formula is C25H26F2N2O4S. The van der Waals surface area contributed by atoms with E-state index < -0.39 is 6.61 Å². The number of rotatable bonds is 7. The molecule has 3 heterocycles. The lowest BCUT2D eigenvalue weighted by Crippen LogP contribution is -2.40. The molecule has 1 atom stereocenters. The van der Waals surface area contributed by atoms with Crippen molar-refractivity contribution in [3.05, 3.63) is 70.0 Å². The van der Waals surface area contributed by atoms with Crippen molar-refractivity contribution in [2.45, 2.75) is 38.3 Å². The first-order chi connectivity index (χ1) is 16.6. The average Bonchev–Trinajstić information content (AvgIpc) is 3.50. The fraction of sp³-hybridized carbons (Fsp3) is 0.400. The molecule has 0 unspecified atom stereocenters. The Morgan fingerprint density at radius 3 is 2.56 bits per heavy atom. The van der Waals surface area contributed by atoms with Crippen LogP contribution in [0.2, 0.25) is 0 Å². The molecule has 3 aromatic rings. The minimum absolute atomic E-state index is 0.123. The summed E-state index contributed by atoms with van der Waals surface area (Å²) in [5.74, 6) is 0.0955. The smallest absolute Gasteiger partial charge is 0.387 e. The quantitative estimate of drug-likeness (QED) is 0.476. The zero-order valence-electron chi connectivity index (χ0n) is 18.6. The van der Waals surface area contributed by atoms with Crippen LogP contribution in [-0.2, 0) is 17.6 Å². The first kappa shape index (κ1) is 23.0. The number of fused-ring (bicyclic) bond motifs is 1. The van der Waals surface area contributed by atoms with E-state index in [0.29, 0.717) is 13.2 Å². The van der Waals surface area contributed by atoms with Crippen LogP contribution in [0.25, 0.3) is 0 Å². The number of morpholine rings is 1. The number of halogens is 2. The summed E-state index contributed by atoms with van der Waals surface area (Å²) >= 11 is 1.63. The summed E-state index contributed by atoms with van der Waals surface area (Å²) < 4.78 is 40.8. The van der Waals surface area contributed by atoms with Crippen molar-refractivity contribution in [1.29, 1.82) is 0 Å². The van der Waals surface area contributed by atoms with Crippen molar-refractivity contribution in [3.8, 4) is 5.75 Å². The molecule has 2 aliphatic rings. The number of benzene rings is 1. The Bertz CT molecular complexity index is 1110. The zero-order chi connectivity index (χ0) is 23.5. The lowest BCUT2D eigenvalue weighted by atomic mass is 9.88. The molecule has 0 spiro atoms. The van der Waals surface area contributed by atoms with Gasteiger partial charge in [-0.25, -0.2) is 0 Å². The van der Waals surface area contributed by atoms with E-state index in [2.05, 4.69) is 15.0 Å². The molecule has 180 valence electrons. The van der Waals surface area contributed by atoms with E-state index in [9.17, 15) is 13.6 Å². The number of carbonyl (C=O) groups is 1. The van der Waals surface area contributed by atoms with Gasteiger partial charge in [-0.2, -0.15) is 8.78 Å². The highest BCUT2D eigenvalue weighted by atomic mass is 32.1. The fourth-order valence-corrected chi connectivity index (χ4v) is 6.09. The summed E-state index contributed by atoms with van der Waals surface area (Å²) in [5, 5.41) is 3.92. The number of nitrogens with zero attached hydrogens (tertiary/aromatic N) is 1. The number of nitrogens with one attached hydrogen (secondary N) is 1. The number of ether oxygens (including phenoxy) is 2. The highest BCUT2D eigenvalue weighted by molar-refractivity contribution is 7.16. The monoisotopic (exact) mass is 488 g/mol. The van der Waals surface area contributed by atoms with Crippen molar-refractivity contribution >= 4 is 22.2 Å². The van der Waals surface area contributed by atoms with Gasteiger partial charge in [-0.3, -0.25) is 9.69 Å². The Morgan fingerprint density at radius 2 is 1.85 bits per heavy atom. The van der Waals surface area contributed by atoms with Gasteiger partial charge in [-0.05, 0) is 61.1 Å². The molecule has 1 N–H and O–H groups in total. The van der Waals surface area contributed by atoms with Crippen LogP contribution in [0.3, 0.4) is 0 Å². The highest BCUT2D eigenvalue weighted by Gasteiger charge is 2.33. The van der Waals surface area contributed by atoms with Crippen LogP contribution in [0.1, 0.15) is 51.0 Å². The summed E-state index contributed by atoms with van der Waals surface area (Å²) in [4.78, 5) is 16.5. The maximum Gasteiger partial charge on any atom is 0.387 e. The standard InChI is InChI=1S/C25H26F2N2O4S/c26-25(27)33-17-9-7-16(8-10-17)22(29-11-14-31-15-12-29)21-18-4-1-2-6-20(18)34-24(21)28-23(30)19-5-3-13-32-19/h3,5,7-10,13,22,25H,1-2,4,6,11-12,14-15H2,(H,28,30)/t22-/m0/s1. The summed E-state index contributed by atoms with van der Waals surface area (Å²) in [6, 6.07) is 10.0. The summed E-state index contributed by atoms with van der Waals surface area (Å²) in [6.07, 6.45) is 5.64. The highest BCUT2D eigenvalue weighted by Crippen LogP contribution is 2.46. The summed E-state index contributed by atoms with van der Waals surface area (Å²) in [7, 11) is 0. The number of alkyl halides is 2. The number of furan rings is 1. The molecule has 0 saturated carbocycles. The van der Waals surface area contributed by atoms with Crippen LogP contribution in [0, 0.1) is 0 Å². The van der Waals surface area contributed by atoms with E-state index in [0.717, 1.165) is 54.9 Å². The van der Waals surface area contributed by atoms with Crippen LogP contribution in [0.4, 0.5) is 13.8 Å². The van der Waals surface area contributed by atoms with Crippen molar-refractivity contribution < 1.29 is 27.5 Å². The lowest BCUT2D eigenvalue weighted by molar-refractivity contribution is -0.0498. The van der Waals surface area contributed by atoms with Crippen molar-refractivity contribution in [3.63, 3.8) is 0 Å². The average molecular weight is 489 g/mol. The van der Waals surface area contributed by atoms with E-state index in [4.69, 9.17) is 9.15 Å². The maximum absolute atomic E-state index is 12.9. The third kappa shape index (κ3) is 4.87. The molecule has 6 nitrogen and oxygen atoms in total. The van der Waals surface area contributed by atoms with Gasteiger partial charge in [0.25, 0.3) is 5.91 Å². The van der Waals surface area contributed by atoms with Crippen LogP contribution in [0.5, 0.6) is 5.75 Å². The normalized spacial score (nSPS) is 17.4. The zero-order valence-corrected chi connectivity index (χ0v) is 19.4. The summed E-state index contributed by atoms with van der Waals surface area (Å²) in [6.45, 7) is -0.174. The van der Waals surface area contributed by atoms with Gasteiger partial charge < -0.3 is 19.2 Å². The van der Waals surface area contributed by atoms with E-state index in [1.54, 1.807) is 35.6 Å². The third-order valence-corrected chi connectivity index (χ3v) is 7.51. The topological polar surface area (TPSA) is 63.9 Å². The van der Waals surface area contributed by atoms with E-state index in [1.165, 1.54) is 16.7 Å². The Hall–Kier alpha value is -2.75. The van der Waals surface area contributed by atoms with Crippen LogP contribution in [0.15, 0.2) is 47.1 Å². The Kier molecular flexibility index (Phi) is 6.94. The molecule has 1 fully saturated rings. The minimum atomic E-state index is -2.87. The second kappa shape index (κ2) is 10.2. The second-order valence-electron chi connectivity index (χ2n) is 8.38. The predicted molar refractivity (Wildman–Crippen MR) is 125 cm³/mol. The second-order valence-corrected chi connectivity index (χ2v) is 9.49. The van der Waals surface area contributed by atoms with Crippen LogP contribution in [-0.4, -0.2) is 43.7 Å². The van der Waals surface area contributed by atoms with Crippen molar-refractivity contribution in [1.82, 2.24) is 4.90 Å². The molecule has 1 aromatic carbocycles. The molecular weight excluding hydrogens is 462 g/mol. The molecule has 1 aliphatic heterocycles. The van der Waals surface area contributed by atoms with E-state index in [-0.39, 0.29) is 23.5 Å². The first-order valence-electron chi connectivity index (χ1n) is 11.5. The molecule has 5 rings (SSSR count). The van der Waals surface area contributed by atoms with Crippen molar-refractivity contribution in [2.75, 3.05) is 31.6 Å². The van der Waals surface area contributed by atoms with Gasteiger partial charge in [0.05, 0.1) is 25.5 Å². The molecule has 2 aromatic heterocycles. The molecule has 34 heavy (non-hydrogen) atoms. The Morgan fingerprint density at radius 1 is 1.09 bits per heavy atom. The number of thiophene rings is 1. The first-order valence-corrected chi connectivity index (χ1v) is 12.3. The summed E-state index contributed by atoms with van der Waals surface area (Å²) in [5.41, 5.74) is 3.34. The molecule has 0 bridgehead atoms. The number of hydrogen-bond donors (Lipinski definition) is 1. The minimum Gasteiger partial charge on any atom is -0.459 e. The van der Waals surface area contributed by atoms with Gasteiger partial charge in [-0.1, -0.05) is 12.1 Å².